The molecule has 0 aliphatic carbocycles. The van der Waals surface area contributed by atoms with Crippen LogP contribution in [0.5, 0.6) is 0 Å². The summed E-state index contributed by atoms with van der Waals surface area (Å²) in [6.07, 6.45) is 3.26. The van der Waals surface area contributed by atoms with E-state index in [1.165, 1.54) is 6.26 Å². The fourth-order valence-corrected chi connectivity index (χ4v) is 3.36. The summed E-state index contributed by atoms with van der Waals surface area (Å²) < 4.78 is 22.2. The molecule has 0 saturated carbocycles. The van der Waals surface area contributed by atoms with Gasteiger partial charge >= 0.3 is 0 Å². The van der Waals surface area contributed by atoms with Gasteiger partial charge in [-0.25, -0.2) is 8.42 Å². The summed E-state index contributed by atoms with van der Waals surface area (Å²) in [5.41, 5.74) is 0.0127. The third-order valence-corrected chi connectivity index (χ3v) is 3.64. The number of rotatable bonds is 2. The Balaban J connectivity index is 0.00000144. The van der Waals surface area contributed by atoms with Crippen molar-refractivity contribution in [2.75, 3.05) is 25.1 Å². The summed E-state index contributed by atoms with van der Waals surface area (Å²) in [7, 11) is -2.81. The number of halogens is 1. The molecule has 0 spiro atoms. The number of sulfone groups is 1. The van der Waals surface area contributed by atoms with Gasteiger partial charge in [-0.2, -0.15) is 0 Å². The zero-order valence-electron chi connectivity index (χ0n) is 8.17. The minimum atomic E-state index is -2.81. The summed E-state index contributed by atoms with van der Waals surface area (Å²) in [6.45, 7) is 3.97. The minimum absolute atomic E-state index is 0. The summed E-state index contributed by atoms with van der Waals surface area (Å²) in [5.74, 6) is 0.335. The number of hydrogen-bond donors (Lipinski definition) is 1. The summed E-state index contributed by atoms with van der Waals surface area (Å²) in [5, 5.41) is 3.23. The Bertz CT molecular complexity index is 245. The van der Waals surface area contributed by atoms with Crippen molar-refractivity contribution in [3.05, 3.63) is 0 Å². The van der Waals surface area contributed by atoms with Crippen LogP contribution in [0.1, 0.15) is 19.8 Å². The van der Waals surface area contributed by atoms with Crippen molar-refractivity contribution >= 4 is 22.2 Å². The van der Waals surface area contributed by atoms with E-state index in [0.717, 1.165) is 25.9 Å². The van der Waals surface area contributed by atoms with Gasteiger partial charge in [0.2, 0.25) is 0 Å². The quantitative estimate of drug-likeness (QED) is 0.761. The molecule has 1 saturated heterocycles. The lowest BCUT2D eigenvalue weighted by Gasteiger charge is -2.33. The fraction of sp³-hybridized carbons (Fsp3) is 1.00. The number of nitrogens with one attached hydrogen (secondary N) is 1. The van der Waals surface area contributed by atoms with Gasteiger partial charge in [-0.15, -0.1) is 12.4 Å². The Labute approximate surface area is 86.6 Å². The Hall–Kier alpha value is 0.200. The van der Waals surface area contributed by atoms with Crippen LogP contribution in [0.3, 0.4) is 0 Å². The zero-order valence-corrected chi connectivity index (χ0v) is 9.80. The maximum absolute atomic E-state index is 11.1. The standard InChI is InChI=1S/C8H17NO2S.ClH/c1-8(7-12(2,10)11)3-5-9-6-4-8;/h9H,3-7H2,1-2H3;1H. The van der Waals surface area contributed by atoms with E-state index in [-0.39, 0.29) is 17.8 Å². The first-order chi connectivity index (χ1) is 5.41. The van der Waals surface area contributed by atoms with E-state index < -0.39 is 9.84 Å². The average Bonchev–Trinajstić information content (AvgIpc) is 1.83. The summed E-state index contributed by atoms with van der Waals surface area (Å²) in [4.78, 5) is 0. The van der Waals surface area contributed by atoms with Crippen molar-refractivity contribution in [2.45, 2.75) is 19.8 Å². The highest BCUT2D eigenvalue weighted by Crippen LogP contribution is 2.29. The predicted molar refractivity (Wildman–Crippen MR) is 57.2 cm³/mol. The van der Waals surface area contributed by atoms with Crippen LogP contribution < -0.4 is 5.32 Å². The average molecular weight is 228 g/mol. The zero-order chi connectivity index (χ0) is 9.24. The molecule has 5 heteroatoms. The maximum Gasteiger partial charge on any atom is 0.147 e. The topological polar surface area (TPSA) is 46.2 Å². The predicted octanol–water partition coefficient (Wildman–Crippen LogP) is 0.843. The van der Waals surface area contributed by atoms with Crippen molar-refractivity contribution in [2.24, 2.45) is 5.41 Å². The highest BCUT2D eigenvalue weighted by molar-refractivity contribution is 7.90. The molecule has 1 N–H and O–H groups in total. The van der Waals surface area contributed by atoms with Gasteiger partial charge in [-0.3, -0.25) is 0 Å². The molecule has 3 nitrogen and oxygen atoms in total. The smallest absolute Gasteiger partial charge is 0.147 e. The highest BCUT2D eigenvalue weighted by atomic mass is 35.5. The third kappa shape index (κ3) is 4.84. The van der Waals surface area contributed by atoms with Crippen molar-refractivity contribution in [1.29, 1.82) is 0 Å². The summed E-state index contributed by atoms with van der Waals surface area (Å²) >= 11 is 0. The fourth-order valence-electron chi connectivity index (χ4n) is 1.81. The van der Waals surface area contributed by atoms with Gasteiger partial charge in [0.1, 0.15) is 9.84 Å². The van der Waals surface area contributed by atoms with Crippen LogP contribution in [-0.4, -0.2) is 33.5 Å². The van der Waals surface area contributed by atoms with Crippen molar-refractivity contribution < 1.29 is 8.42 Å². The highest BCUT2D eigenvalue weighted by Gasteiger charge is 2.30. The monoisotopic (exact) mass is 227 g/mol. The van der Waals surface area contributed by atoms with E-state index in [0.29, 0.717) is 5.75 Å². The lowest BCUT2D eigenvalue weighted by atomic mass is 9.83. The molecule has 1 heterocycles. The van der Waals surface area contributed by atoms with E-state index in [9.17, 15) is 8.42 Å². The Morgan fingerprint density at radius 3 is 2.15 bits per heavy atom. The van der Waals surface area contributed by atoms with Crippen LogP contribution in [-0.2, 0) is 9.84 Å². The molecule has 0 aromatic carbocycles. The van der Waals surface area contributed by atoms with Gasteiger partial charge < -0.3 is 5.32 Å². The molecule has 0 atom stereocenters. The first-order valence-electron chi connectivity index (χ1n) is 4.30. The largest absolute Gasteiger partial charge is 0.317 e. The van der Waals surface area contributed by atoms with Gasteiger partial charge in [-0.05, 0) is 31.3 Å². The van der Waals surface area contributed by atoms with Crippen LogP contribution >= 0.6 is 12.4 Å². The van der Waals surface area contributed by atoms with Crippen LogP contribution in [0, 0.1) is 5.41 Å². The van der Waals surface area contributed by atoms with Gasteiger partial charge in [0, 0.05) is 6.26 Å². The molecule has 0 radical (unpaired) electrons. The van der Waals surface area contributed by atoms with Gasteiger partial charge in [0.15, 0.2) is 0 Å². The second-order valence-corrected chi connectivity index (χ2v) is 6.27. The van der Waals surface area contributed by atoms with Crippen LogP contribution in [0.15, 0.2) is 0 Å². The normalized spacial score (nSPS) is 22.0. The van der Waals surface area contributed by atoms with E-state index >= 15 is 0 Å². The lowest BCUT2D eigenvalue weighted by molar-refractivity contribution is 0.262. The molecule has 1 aliphatic rings. The number of piperidine rings is 1. The molecule has 13 heavy (non-hydrogen) atoms. The van der Waals surface area contributed by atoms with Crippen LogP contribution in [0.25, 0.3) is 0 Å². The molecular weight excluding hydrogens is 210 g/mol. The molecule has 1 fully saturated rings. The second-order valence-electron chi connectivity index (χ2n) is 4.13. The molecule has 0 aromatic heterocycles. The van der Waals surface area contributed by atoms with E-state index in [2.05, 4.69) is 12.2 Å². The second kappa shape index (κ2) is 4.62. The molecule has 0 aromatic rings. The van der Waals surface area contributed by atoms with Crippen molar-refractivity contribution in [1.82, 2.24) is 5.32 Å². The molecule has 1 aliphatic heterocycles. The minimum Gasteiger partial charge on any atom is -0.317 e. The van der Waals surface area contributed by atoms with E-state index in [1.54, 1.807) is 0 Å². The van der Waals surface area contributed by atoms with Gasteiger partial charge in [0.25, 0.3) is 0 Å². The van der Waals surface area contributed by atoms with Crippen LogP contribution in [0.4, 0.5) is 0 Å². The lowest BCUT2D eigenvalue weighted by Crippen LogP contribution is -2.38. The number of hydrogen-bond acceptors (Lipinski definition) is 3. The Morgan fingerprint density at radius 1 is 1.31 bits per heavy atom. The molecule has 0 unspecified atom stereocenters. The van der Waals surface area contributed by atoms with E-state index in [1.807, 2.05) is 0 Å². The third-order valence-electron chi connectivity index (χ3n) is 2.42. The Kier molecular flexibility index (Phi) is 4.69. The van der Waals surface area contributed by atoms with Gasteiger partial charge in [-0.1, -0.05) is 6.92 Å². The molecule has 80 valence electrons. The van der Waals surface area contributed by atoms with Crippen molar-refractivity contribution in [3.8, 4) is 0 Å². The SMILES string of the molecule is CC1(CS(C)(=O)=O)CCNCC1.Cl. The van der Waals surface area contributed by atoms with Crippen molar-refractivity contribution in [3.63, 3.8) is 0 Å². The Morgan fingerprint density at radius 2 is 1.77 bits per heavy atom. The van der Waals surface area contributed by atoms with Gasteiger partial charge in [0.05, 0.1) is 5.75 Å². The first kappa shape index (κ1) is 13.2. The molecule has 1 rings (SSSR count). The maximum atomic E-state index is 11.1. The van der Waals surface area contributed by atoms with Crippen LogP contribution in [0.2, 0.25) is 0 Å². The molecule has 0 bridgehead atoms. The molecular formula is C8H18ClNO2S. The first-order valence-corrected chi connectivity index (χ1v) is 6.36. The molecule has 0 amide bonds. The van der Waals surface area contributed by atoms with E-state index in [4.69, 9.17) is 0 Å². The summed E-state index contributed by atoms with van der Waals surface area (Å²) in [6, 6.07) is 0.